The minimum Gasteiger partial charge on any atom is -0.418 e. The van der Waals surface area contributed by atoms with Crippen LogP contribution in [0.1, 0.15) is 0 Å². The van der Waals surface area contributed by atoms with E-state index in [0.717, 1.165) is 5.69 Å². The molecule has 5 aromatic rings. The number of nitrogens with zero attached hydrogens (tertiary/aromatic N) is 1. The Kier molecular flexibility index (Phi) is 6.54. The number of hydrogen-bond donors (Lipinski definition) is 0. The summed E-state index contributed by atoms with van der Waals surface area (Å²) in [4.78, 5) is 0. The van der Waals surface area contributed by atoms with Crippen molar-refractivity contribution in [2.75, 3.05) is 0 Å². The molecular weight excluding hydrogens is 425 g/mol. The SMILES string of the molecule is F[B-](F)(F)F.c1ccc(-c2cc3ccccc3c(-c3ccccc3)[n+]2-c2ccccc2)cc1. The molecule has 1 aromatic heterocycles. The lowest BCUT2D eigenvalue weighted by Crippen LogP contribution is -2.36. The van der Waals surface area contributed by atoms with Crippen LogP contribution in [0.4, 0.5) is 17.3 Å². The molecule has 4 aromatic carbocycles. The first-order chi connectivity index (χ1) is 15.9. The lowest BCUT2D eigenvalue weighted by Gasteiger charge is -2.12. The van der Waals surface area contributed by atoms with E-state index in [-0.39, 0.29) is 0 Å². The van der Waals surface area contributed by atoms with Crippen LogP contribution in [0.15, 0.2) is 121 Å². The van der Waals surface area contributed by atoms with Crippen molar-refractivity contribution in [2.45, 2.75) is 0 Å². The Bertz CT molecular complexity index is 1330. The third kappa shape index (κ3) is 5.47. The van der Waals surface area contributed by atoms with Gasteiger partial charge in [-0.3, -0.25) is 0 Å². The maximum absolute atomic E-state index is 9.75. The number of aromatic nitrogens is 1. The van der Waals surface area contributed by atoms with E-state index in [1.54, 1.807) is 0 Å². The summed E-state index contributed by atoms with van der Waals surface area (Å²) in [5.41, 5.74) is 5.97. The van der Waals surface area contributed by atoms with Gasteiger partial charge in [-0.05, 0) is 35.7 Å². The lowest BCUT2D eigenvalue weighted by atomic mass is 9.99. The molecule has 5 rings (SSSR count). The molecule has 1 heterocycles. The van der Waals surface area contributed by atoms with Gasteiger partial charge in [0.2, 0.25) is 17.1 Å². The fourth-order valence-corrected chi connectivity index (χ4v) is 3.84. The van der Waals surface area contributed by atoms with E-state index in [2.05, 4.69) is 126 Å². The fraction of sp³-hybridized carbons (Fsp3) is 0. The second kappa shape index (κ2) is 9.69. The Labute approximate surface area is 189 Å². The van der Waals surface area contributed by atoms with Gasteiger partial charge in [-0.2, -0.15) is 4.57 Å². The second-order valence-electron chi connectivity index (χ2n) is 7.36. The first kappa shape index (κ1) is 22.3. The zero-order valence-corrected chi connectivity index (χ0v) is 17.6. The third-order valence-electron chi connectivity index (χ3n) is 5.10. The van der Waals surface area contributed by atoms with Gasteiger partial charge in [-0.15, -0.1) is 0 Å². The van der Waals surface area contributed by atoms with E-state index in [1.807, 2.05) is 0 Å². The van der Waals surface area contributed by atoms with Gasteiger partial charge in [0.1, 0.15) is 0 Å². The number of fused-ring (bicyclic) bond motifs is 1. The van der Waals surface area contributed by atoms with Gasteiger partial charge in [0, 0.05) is 29.3 Å². The molecule has 1 nitrogen and oxygen atoms in total. The molecule has 164 valence electrons. The van der Waals surface area contributed by atoms with Crippen molar-refractivity contribution < 1.29 is 21.8 Å². The molecule has 0 saturated carbocycles. The van der Waals surface area contributed by atoms with Crippen molar-refractivity contribution in [3.63, 3.8) is 0 Å². The van der Waals surface area contributed by atoms with Gasteiger partial charge in [0.05, 0.1) is 5.39 Å². The van der Waals surface area contributed by atoms with E-state index in [4.69, 9.17) is 0 Å². The molecule has 0 aliphatic heterocycles. The standard InChI is InChI=1S/C27H20N.BF4/c1-4-12-21(13-5-1)26-20-23-16-10-11-19-25(23)27(22-14-6-2-7-15-22)28(26)24-17-8-3-9-18-24;2-1(3,4)5/h1-20H;/q+1;-1. The molecule has 0 amide bonds. The summed E-state index contributed by atoms with van der Waals surface area (Å²) < 4.78 is 41.4. The highest BCUT2D eigenvalue weighted by molar-refractivity contribution is 6.50. The van der Waals surface area contributed by atoms with Crippen molar-refractivity contribution in [2.24, 2.45) is 0 Å². The first-order valence-electron chi connectivity index (χ1n) is 10.4. The Morgan fingerprint density at radius 1 is 0.515 bits per heavy atom. The molecule has 0 unspecified atom stereocenters. The normalized spacial score (nSPS) is 11.0. The average Bonchev–Trinajstić information content (AvgIpc) is 2.83. The predicted molar refractivity (Wildman–Crippen MR) is 127 cm³/mol. The average molecular weight is 445 g/mol. The Morgan fingerprint density at radius 2 is 0.970 bits per heavy atom. The zero-order chi connectivity index (χ0) is 23.3. The summed E-state index contributed by atoms with van der Waals surface area (Å²) in [5.74, 6) is 0. The summed E-state index contributed by atoms with van der Waals surface area (Å²) >= 11 is 0. The van der Waals surface area contributed by atoms with E-state index in [0.29, 0.717) is 0 Å². The summed E-state index contributed by atoms with van der Waals surface area (Å²) in [6.45, 7) is 0. The van der Waals surface area contributed by atoms with Crippen LogP contribution in [0.2, 0.25) is 0 Å². The van der Waals surface area contributed by atoms with E-state index >= 15 is 0 Å². The Morgan fingerprint density at radius 3 is 1.55 bits per heavy atom. The van der Waals surface area contributed by atoms with E-state index < -0.39 is 7.25 Å². The molecule has 33 heavy (non-hydrogen) atoms. The molecule has 0 aliphatic rings. The van der Waals surface area contributed by atoms with Crippen molar-refractivity contribution in [1.82, 2.24) is 0 Å². The number of benzene rings is 4. The molecule has 0 atom stereocenters. The summed E-state index contributed by atoms with van der Waals surface area (Å²) in [6.07, 6.45) is 0. The molecule has 0 aliphatic carbocycles. The largest absolute Gasteiger partial charge is 0.673 e. The van der Waals surface area contributed by atoms with Crippen LogP contribution in [0, 0.1) is 0 Å². The van der Waals surface area contributed by atoms with E-state index in [9.17, 15) is 17.3 Å². The molecule has 0 saturated heterocycles. The van der Waals surface area contributed by atoms with Gasteiger partial charge in [0.15, 0.2) is 0 Å². The number of rotatable bonds is 3. The van der Waals surface area contributed by atoms with Crippen LogP contribution in [-0.2, 0) is 0 Å². The maximum atomic E-state index is 9.75. The van der Waals surface area contributed by atoms with Crippen molar-refractivity contribution in [3.05, 3.63) is 121 Å². The van der Waals surface area contributed by atoms with Crippen molar-refractivity contribution in [3.8, 4) is 28.2 Å². The minimum absolute atomic E-state index is 1.16. The summed E-state index contributed by atoms with van der Waals surface area (Å²) in [5, 5.41) is 2.49. The highest BCUT2D eigenvalue weighted by atomic mass is 19.5. The van der Waals surface area contributed by atoms with Gasteiger partial charge in [-0.1, -0.05) is 72.8 Å². The van der Waals surface area contributed by atoms with Crippen molar-refractivity contribution >= 4 is 18.0 Å². The van der Waals surface area contributed by atoms with Gasteiger partial charge >= 0.3 is 7.25 Å². The summed E-state index contributed by atoms with van der Waals surface area (Å²) in [7, 11) is -6.00. The van der Waals surface area contributed by atoms with Crippen LogP contribution >= 0.6 is 0 Å². The minimum atomic E-state index is -6.00. The van der Waals surface area contributed by atoms with Crippen molar-refractivity contribution in [1.29, 1.82) is 0 Å². The third-order valence-corrected chi connectivity index (χ3v) is 5.10. The number of pyridine rings is 1. The predicted octanol–water partition coefficient (Wildman–Crippen LogP) is 7.75. The van der Waals surface area contributed by atoms with Crippen LogP contribution in [0.3, 0.4) is 0 Å². The maximum Gasteiger partial charge on any atom is 0.673 e. The number of para-hydroxylation sites is 1. The second-order valence-corrected chi connectivity index (χ2v) is 7.36. The molecule has 0 fully saturated rings. The highest BCUT2D eigenvalue weighted by Gasteiger charge is 2.25. The van der Waals surface area contributed by atoms with Crippen LogP contribution in [-0.4, -0.2) is 7.25 Å². The highest BCUT2D eigenvalue weighted by Crippen LogP contribution is 2.31. The molecule has 0 bridgehead atoms. The van der Waals surface area contributed by atoms with Crippen LogP contribution < -0.4 is 4.57 Å². The quantitative estimate of drug-likeness (QED) is 0.152. The molecule has 0 N–H and O–H groups in total. The fourth-order valence-electron chi connectivity index (χ4n) is 3.84. The van der Waals surface area contributed by atoms with Gasteiger partial charge < -0.3 is 17.3 Å². The Balaban J connectivity index is 0.000000471. The van der Waals surface area contributed by atoms with Gasteiger partial charge in [-0.25, -0.2) is 0 Å². The smallest absolute Gasteiger partial charge is 0.418 e. The molecular formula is C27H20BF4N. The molecule has 6 heteroatoms. The lowest BCUT2D eigenvalue weighted by molar-refractivity contribution is -0.570. The van der Waals surface area contributed by atoms with Crippen LogP contribution in [0.25, 0.3) is 39.0 Å². The molecule has 0 radical (unpaired) electrons. The zero-order valence-electron chi connectivity index (χ0n) is 17.6. The van der Waals surface area contributed by atoms with E-state index in [1.165, 1.54) is 33.3 Å². The molecule has 0 spiro atoms. The first-order valence-corrected chi connectivity index (χ1v) is 10.4. The topological polar surface area (TPSA) is 3.88 Å². The van der Waals surface area contributed by atoms with Crippen LogP contribution in [0.5, 0.6) is 0 Å². The van der Waals surface area contributed by atoms with Gasteiger partial charge in [0.25, 0.3) is 0 Å². The monoisotopic (exact) mass is 445 g/mol. The Hall–Kier alpha value is -3.93. The number of hydrogen-bond acceptors (Lipinski definition) is 0. The number of halogens is 4. The summed E-state index contributed by atoms with van der Waals surface area (Å²) in [6, 6.07) is 42.8.